The maximum Gasteiger partial charge on any atom is 0.340 e. The third kappa shape index (κ3) is 3.36. The molecule has 0 aliphatic heterocycles. The lowest BCUT2D eigenvalue weighted by Gasteiger charge is -2.11. The van der Waals surface area contributed by atoms with E-state index in [1.54, 1.807) is 32.0 Å². The smallest absolute Gasteiger partial charge is 0.340 e. The maximum atomic E-state index is 12.5. The highest BCUT2D eigenvalue weighted by Gasteiger charge is 2.19. The minimum absolute atomic E-state index is 0.00195. The summed E-state index contributed by atoms with van der Waals surface area (Å²) in [4.78, 5) is 24.9. The van der Waals surface area contributed by atoms with E-state index in [4.69, 9.17) is 32.5 Å². The predicted octanol–water partition coefficient (Wildman–Crippen LogP) is 3.50. The van der Waals surface area contributed by atoms with Crippen molar-refractivity contribution in [2.75, 3.05) is 0 Å². The molecular formula is C17H13Cl2N3O4. The van der Waals surface area contributed by atoms with E-state index in [0.717, 1.165) is 4.68 Å². The largest absolute Gasteiger partial charge is 0.457 e. The molecule has 9 heteroatoms. The van der Waals surface area contributed by atoms with Crippen LogP contribution in [-0.4, -0.2) is 20.9 Å². The summed E-state index contributed by atoms with van der Waals surface area (Å²) in [5.74, 6) is -0.0497. The van der Waals surface area contributed by atoms with Crippen LogP contribution in [-0.2, 0) is 11.3 Å². The fourth-order valence-electron chi connectivity index (χ4n) is 2.34. The van der Waals surface area contributed by atoms with Gasteiger partial charge in [-0.15, -0.1) is 0 Å². The molecule has 0 saturated carbocycles. The van der Waals surface area contributed by atoms with Gasteiger partial charge in [0.15, 0.2) is 0 Å². The van der Waals surface area contributed by atoms with Crippen molar-refractivity contribution < 1.29 is 14.1 Å². The van der Waals surface area contributed by atoms with E-state index < -0.39 is 11.5 Å². The number of hydrogen-bond acceptors (Lipinski definition) is 6. The number of carbonyl (C=O) groups is 1. The van der Waals surface area contributed by atoms with Crippen molar-refractivity contribution in [2.45, 2.75) is 20.5 Å². The summed E-state index contributed by atoms with van der Waals surface area (Å²) in [6.45, 7) is 3.49. The van der Waals surface area contributed by atoms with Gasteiger partial charge in [-0.1, -0.05) is 40.5 Å². The summed E-state index contributed by atoms with van der Waals surface area (Å²) in [5.41, 5.74) is 1.10. The number of aryl methyl sites for hydroxylation is 2. The molecule has 0 saturated heterocycles. The molecule has 0 unspecified atom stereocenters. The number of esters is 1. The summed E-state index contributed by atoms with van der Waals surface area (Å²) in [5, 5.41) is 7.61. The highest BCUT2D eigenvalue weighted by atomic mass is 35.5. The van der Waals surface area contributed by atoms with E-state index in [0.29, 0.717) is 17.0 Å². The number of hydrogen-bond donors (Lipinski definition) is 0. The van der Waals surface area contributed by atoms with Crippen molar-refractivity contribution in [3.05, 3.63) is 73.4 Å². The third-order valence-electron chi connectivity index (χ3n) is 3.76. The molecule has 0 bridgehead atoms. The number of carbonyl (C=O) groups excluding carboxylic acids is 1. The van der Waals surface area contributed by atoms with Crippen molar-refractivity contribution in [2.24, 2.45) is 0 Å². The first-order valence-electron chi connectivity index (χ1n) is 7.51. The summed E-state index contributed by atoms with van der Waals surface area (Å²) < 4.78 is 11.4. The molecule has 0 aliphatic rings. The zero-order valence-electron chi connectivity index (χ0n) is 13.8. The van der Waals surface area contributed by atoms with E-state index in [2.05, 4.69) is 10.3 Å². The van der Waals surface area contributed by atoms with Crippen LogP contribution in [0.1, 0.15) is 27.4 Å². The Morgan fingerprint density at radius 1 is 1.27 bits per heavy atom. The summed E-state index contributed by atoms with van der Waals surface area (Å²) in [6.07, 6.45) is 1.23. The molecule has 134 valence electrons. The van der Waals surface area contributed by atoms with Crippen LogP contribution in [0, 0.1) is 13.8 Å². The molecule has 3 rings (SSSR count). The second-order valence-electron chi connectivity index (χ2n) is 5.42. The molecule has 0 spiro atoms. The Morgan fingerprint density at radius 3 is 2.69 bits per heavy atom. The van der Waals surface area contributed by atoms with Gasteiger partial charge in [-0.3, -0.25) is 4.79 Å². The van der Waals surface area contributed by atoms with Crippen LogP contribution >= 0.6 is 23.2 Å². The van der Waals surface area contributed by atoms with E-state index >= 15 is 0 Å². The fourth-order valence-corrected chi connectivity index (χ4v) is 2.59. The van der Waals surface area contributed by atoms with Crippen molar-refractivity contribution in [1.29, 1.82) is 0 Å². The Morgan fingerprint density at radius 2 is 2.00 bits per heavy atom. The second-order valence-corrected chi connectivity index (χ2v) is 6.20. The number of para-hydroxylation sites is 1. The molecule has 3 aromatic rings. The van der Waals surface area contributed by atoms with Crippen LogP contribution in [0.2, 0.25) is 10.0 Å². The van der Waals surface area contributed by atoms with Gasteiger partial charge in [-0.2, -0.15) is 9.78 Å². The Balaban J connectivity index is 1.94. The highest BCUT2D eigenvalue weighted by Crippen LogP contribution is 2.20. The van der Waals surface area contributed by atoms with Crippen LogP contribution in [0.5, 0.6) is 0 Å². The summed E-state index contributed by atoms with van der Waals surface area (Å²) in [7, 11) is 0. The average molecular weight is 394 g/mol. The third-order valence-corrected chi connectivity index (χ3v) is 4.51. The lowest BCUT2D eigenvalue weighted by molar-refractivity contribution is 0.0470. The highest BCUT2D eigenvalue weighted by molar-refractivity contribution is 6.41. The first kappa shape index (κ1) is 18.2. The Bertz CT molecular complexity index is 1020. The summed E-state index contributed by atoms with van der Waals surface area (Å²) >= 11 is 11.7. The van der Waals surface area contributed by atoms with Crippen molar-refractivity contribution >= 4 is 29.2 Å². The molecule has 26 heavy (non-hydrogen) atoms. The molecule has 0 aliphatic carbocycles. The van der Waals surface area contributed by atoms with Crippen LogP contribution in [0.3, 0.4) is 0 Å². The van der Waals surface area contributed by atoms with E-state index in [1.807, 2.05) is 0 Å². The first-order valence-corrected chi connectivity index (χ1v) is 8.27. The molecule has 0 amide bonds. The minimum atomic E-state index is -0.634. The maximum absolute atomic E-state index is 12.5. The Hall–Kier alpha value is -2.64. The monoisotopic (exact) mass is 393 g/mol. The lowest BCUT2D eigenvalue weighted by Crippen LogP contribution is -2.24. The van der Waals surface area contributed by atoms with Gasteiger partial charge < -0.3 is 9.26 Å². The molecule has 0 atom stereocenters. The molecular weight excluding hydrogens is 381 g/mol. The lowest BCUT2D eigenvalue weighted by atomic mass is 10.1. The average Bonchev–Trinajstić information content (AvgIpc) is 2.96. The quantitative estimate of drug-likeness (QED) is 0.630. The van der Waals surface area contributed by atoms with Gasteiger partial charge in [-0.05, 0) is 26.0 Å². The number of aromatic nitrogens is 3. The van der Waals surface area contributed by atoms with Crippen molar-refractivity contribution in [3.63, 3.8) is 0 Å². The molecule has 7 nitrogen and oxygen atoms in total. The number of nitrogens with zero attached hydrogens (tertiary/aromatic N) is 3. The minimum Gasteiger partial charge on any atom is -0.457 e. The topological polar surface area (TPSA) is 87.2 Å². The normalized spacial score (nSPS) is 10.8. The summed E-state index contributed by atoms with van der Waals surface area (Å²) in [6, 6.07) is 6.41. The SMILES string of the molecule is Cc1noc(C)c1COC(=O)c1ccccc1-n1ncc(Cl)c(Cl)c1=O. The van der Waals surface area contributed by atoms with Gasteiger partial charge in [0.25, 0.3) is 5.56 Å². The molecule has 2 aromatic heterocycles. The fraction of sp³-hybridized carbons (Fsp3) is 0.176. The Kier molecular flexibility index (Phi) is 5.11. The molecule has 0 fully saturated rings. The van der Waals surface area contributed by atoms with Crippen LogP contribution in [0.4, 0.5) is 0 Å². The van der Waals surface area contributed by atoms with Gasteiger partial charge in [0.05, 0.1) is 33.7 Å². The van der Waals surface area contributed by atoms with Gasteiger partial charge >= 0.3 is 5.97 Å². The van der Waals surface area contributed by atoms with Crippen LogP contribution < -0.4 is 5.56 Å². The molecule has 0 radical (unpaired) electrons. The molecule has 0 N–H and O–H groups in total. The van der Waals surface area contributed by atoms with E-state index in [-0.39, 0.29) is 27.9 Å². The number of benzene rings is 1. The zero-order valence-corrected chi connectivity index (χ0v) is 15.3. The number of rotatable bonds is 4. The van der Waals surface area contributed by atoms with E-state index in [9.17, 15) is 9.59 Å². The molecule has 2 heterocycles. The van der Waals surface area contributed by atoms with Gasteiger partial charge in [0.1, 0.15) is 17.4 Å². The second kappa shape index (κ2) is 7.31. The standard InChI is InChI=1S/C17H13Cl2N3O4/c1-9-12(10(2)26-21-9)8-25-17(24)11-5-3-4-6-14(11)22-16(23)15(19)13(18)7-20-22/h3-7H,8H2,1-2H3. The zero-order chi connectivity index (χ0) is 18.8. The van der Waals surface area contributed by atoms with Crippen molar-refractivity contribution in [3.8, 4) is 5.69 Å². The van der Waals surface area contributed by atoms with E-state index in [1.165, 1.54) is 12.3 Å². The van der Waals surface area contributed by atoms with Gasteiger partial charge in [0.2, 0.25) is 0 Å². The number of ether oxygens (including phenoxy) is 1. The molecule has 1 aromatic carbocycles. The Labute approximate surface area is 158 Å². The number of halogens is 2. The van der Waals surface area contributed by atoms with Crippen LogP contribution in [0.25, 0.3) is 5.69 Å². The predicted molar refractivity (Wildman–Crippen MR) is 95.0 cm³/mol. The first-order chi connectivity index (χ1) is 12.4. The van der Waals surface area contributed by atoms with Crippen LogP contribution in [0.15, 0.2) is 39.8 Å². The van der Waals surface area contributed by atoms with Gasteiger partial charge in [0, 0.05) is 0 Å². The van der Waals surface area contributed by atoms with Gasteiger partial charge in [-0.25, -0.2) is 4.79 Å². The van der Waals surface area contributed by atoms with Crippen molar-refractivity contribution in [1.82, 2.24) is 14.9 Å².